The second-order valence-electron chi connectivity index (χ2n) is 19.6. The number of hydrogen-bond donors (Lipinski definition) is 4. The van der Waals surface area contributed by atoms with Gasteiger partial charge in [0.15, 0.2) is 0 Å². The molecule has 4 N–H and O–H groups in total. The number of nitrogens with zero attached hydrogens (tertiary/aromatic N) is 6. The SMILES string of the molecule is Cc1ncsc1-c1ccc([C@H](C)NC(=O)[C@@H]2C[C@@H](O)CN2C(=O)[C@@H](NC(=O)CCCCN2C[C@@H]3C[C@H]2CN3c2ccc(C(=O)NC3CC(Oc4ccc(C#N)c(Cl)c4)C3)cn2)C(C)(C)C)cc1. The molecular weight excluding hydrogens is 890 g/mol. The number of rotatable bonds is 16. The first-order chi connectivity index (χ1) is 32.0. The summed E-state index contributed by atoms with van der Waals surface area (Å²) >= 11 is 7.71. The molecule has 4 aromatic rings. The number of aliphatic hydroxyl groups is 1. The normalized spacial score (nSPS) is 23.3. The number of nitrogens with one attached hydrogen (secondary N) is 3. The number of β-amino-alcohol motifs (C(OH)–C–C–N with tert-alkyl or cyclic N) is 1. The fourth-order valence-corrected chi connectivity index (χ4v) is 10.8. The maximum Gasteiger partial charge on any atom is 0.253 e. The van der Waals surface area contributed by atoms with Gasteiger partial charge < -0.3 is 35.6 Å². The fraction of sp³-hybridized carbons (Fsp3) is 0.500. The van der Waals surface area contributed by atoms with Crippen molar-refractivity contribution in [2.45, 2.75) is 128 Å². The molecule has 8 rings (SSSR count). The number of benzene rings is 2. The van der Waals surface area contributed by atoms with Gasteiger partial charge in [0.1, 0.15) is 35.8 Å². The Bertz CT molecular complexity index is 2480. The van der Waals surface area contributed by atoms with Crippen LogP contribution in [0.15, 0.2) is 66.3 Å². The van der Waals surface area contributed by atoms with E-state index in [4.69, 9.17) is 21.6 Å². The van der Waals surface area contributed by atoms with E-state index in [0.717, 1.165) is 60.0 Å². The average Bonchev–Trinajstić information content (AvgIpc) is 4.10. The van der Waals surface area contributed by atoms with Crippen molar-refractivity contribution in [2.75, 3.05) is 31.1 Å². The van der Waals surface area contributed by atoms with E-state index >= 15 is 0 Å². The molecule has 2 aromatic carbocycles. The lowest BCUT2D eigenvalue weighted by molar-refractivity contribution is -0.144. The Morgan fingerprint density at radius 2 is 1.75 bits per heavy atom. The zero-order valence-electron chi connectivity index (χ0n) is 38.7. The van der Waals surface area contributed by atoms with Crippen molar-refractivity contribution in [1.29, 1.82) is 5.26 Å². The summed E-state index contributed by atoms with van der Waals surface area (Å²) in [7, 11) is 0. The zero-order valence-corrected chi connectivity index (χ0v) is 40.3. The monoisotopic (exact) mass is 949 g/mol. The topological polar surface area (TPSA) is 193 Å². The van der Waals surface area contributed by atoms with Crippen molar-refractivity contribution in [3.05, 3.63) is 93.7 Å². The number of nitriles is 1. The van der Waals surface area contributed by atoms with Gasteiger partial charge in [-0.15, -0.1) is 11.3 Å². The number of aryl methyl sites for hydroxylation is 1. The number of amides is 4. The fourth-order valence-electron chi connectivity index (χ4n) is 9.74. The number of unbranched alkanes of at least 4 members (excludes halogenated alkanes) is 1. The average molecular weight is 951 g/mol. The molecule has 2 aromatic heterocycles. The maximum atomic E-state index is 14.2. The van der Waals surface area contributed by atoms with E-state index in [9.17, 15) is 24.3 Å². The van der Waals surface area contributed by atoms with E-state index in [1.165, 1.54) is 4.90 Å². The van der Waals surface area contributed by atoms with Crippen molar-refractivity contribution in [3.63, 3.8) is 0 Å². The molecule has 4 fully saturated rings. The summed E-state index contributed by atoms with van der Waals surface area (Å²) in [6, 6.07) is 17.4. The summed E-state index contributed by atoms with van der Waals surface area (Å²) in [6.45, 7) is 12.2. The van der Waals surface area contributed by atoms with Crippen molar-refractivity contribution in [1.82, 2.24) is 35.7 Å². The van der Waals surface area contributed by atoms with Gasteiger partial charge in [-0.2, -0.15) is 5.26 Å². The largest absolute Gasteiger partial charge is 0.490 e. The Labute approximate surface area is 401 Å². The highest BCUT2D eigenvalue weighted by atomic mass is 35.5. The van der Waals surface area contributed by atoms with Gasteiger partial charge in [-0.1, -0.05) is 56.6 Å². The van der Waals surface area contributed by atoms with Gasteiger partial charge in [-0.05, 0) is 80.5 Å². The number of hydrogen-bond acceptors (Lipinski definition) is 12. The van der Waals surface area contributed by atoms with Crippen LogP contribution in [0.4, 0.5) is 5.82 Å². The second kappa shape index (κ2) is 20.3. The first kappa shape index (κ1) is 47.9. The molecule has 3 aliphatic heterocycles. The molecule has 1 saturated carbocycles. The van der Waals surface area contributed by atoms with Crippen LogP contribution in [-0.4, -0.2) is 117 Å². The van der Waals surface area contributed by atoms with Crippen LogP contribution < -0.4 is 25.6 Å². The van der Waals surface area contributed by atoms with Gasteiger partial charge in [0, 0.05) is 75.7 Å². The molecule has 5 heterocycles. The van der Waals surface area contributed by atoms with Gasteiger partial charge >= 0.3 is 0 Å². The first-order valence-corrected chi connectivity index (χ1v) is 24.5. The van der Waals surface area contributed by atoms with Crippen molar-refractivity contribution < 1.29 is 29.0 Å². The van der Waals surface area contributed by atoms with Crippen LogP contribution in [0.3, 0.4) is 0 Å². The predicted octanol–water partition coefficient (Wildman–Crippen LogP) is 6.18. The molecule has 0 unspecified atom stereocenters. The molecule has 2 bridgehead atoms. The number of halogens is 1. The quantitative estimate of drug-likeness (QED) is 0.0938. The lowest BCUT2D eigenvalue weighted by Crippen LogP contribution is -2.57. The van der Waals surface area contributed by atoms with Crippen LogP contribution in [0, 0.1) is 23.7 Å². The number of aromatic nitrogens is 2. The van der Waals surface area contributed by atoms with E-state index in [1.54, 1.807) is 35.7 Å². The molecule has 4 amide bonds. The van der Waals surface area contributed by atoms with E-state index in [0.29, 0.717) is 53.2 Å². The van der Waals surface area contributed by atoms with Crippen molar-refractivity contribution in [2.24, 2.45) is 5.41 Å². The number of piperazine rings is 1. The third-order valence-corrected chi connectivity index (χ3v) is 14.9. The van der Waals surface area contributed by atoms with Crippen LogP contribution in [0.25, 0.3) is 10.4 Å². The van der Waals surface area contributed by atoms with Crippen LogP contribution in [0.5, 0.6) is 5.75 Å². The first-order valence-electron chi connectivity index (χ1n) is 23.3. The summed E-state index contributed by atoms with van der Waals surface area (Å²) in [5.41, 5.74) is 5.03. The lowest BCUT2D eigenvalue weighted by Gasteiger charge is -2.36. The highest BCUT2D eigenvalue weighted by molar-refractivity contribution is 7.13. The third-order valence-electron chi connectivity index (χ3n) is 13.6. The minimum Gasteiger partial charge on any atom is -0.490 e. The third kappa shape index (κ3) is 11.1. The molecule has 4 aliphatic rings. The molecular formula is C50H60ClN9O6S. The zero-order chi connectivity index (χ0) is 47.6. The number of aliphatic hydroxyl groups excluding tert-OH is 1. The predicted molar refractivity (Wildman–Crippen MR) is 257 cm³/mol. The van der Waals surface area contributed by atoms with Gasteiger partial charge in [0.2, 0.25) is 17.7 Å². The summed E-state index contributed by atoms with van der Waals surface area (Å²) < 4.78 is 5.96. The molecule has 3 saturated heterocycles. The Kier molecular flexibility index (Phi) is 14.5. The minimum absolute atomic E-state index is 0.000524. The van der Waals surface area contributed by atoms with E-state index in [-0.39, 0.29) is 61.2 Å². The van der Waals surface area contributed by atoms with Crippen LogP contribution in [0.2, 0.25) is 5.02 Å². The van der Waals surface area contributed by atoms with Crippen molar-refractivity contribution >= 4 is 52.4 Å². The molecule has 15 nitrogen and oxygen atoms in total. The number of thiazole rings is 1. The Morgan fingerprint density at radius 1 is 0.970 bits per heavy atom. The van der Waals surface area contributed by atoms with Crippen LogP contribution in [-0.2, 0) is 14.4 Å². The number of fused-ring (bicyclic) bond motifs is 2. The summed E-state index contributed by atoms with van der Waals surface area (Å²) in [5, 5.41) is 29.2. The van der Waals surface area contributed by atoms with Crippen LogP contribution >= 0.6 is 22.9 Å². The number of ether oxygens (including phenoxy) is 1. The highest BCUT2D eigenvalue weighted by Crippen LogP contribution is 2.35. The van der Waals surface area contributed by atoms with E-state index < -0.39 is 23.6 Å². The maximum absolute atomic E-state index is 14.2. The standard InChI is InChI=1S/C50H60ClN9O6S/c1-29(31-9-11-32(12-10-31)45-30(2)54-28-67-45)55-48(64)42-21-38(61)27-60(42)49(65)46(50(3,4)5)57-44(62)8-6-7-17-58-25-37-20-36(58)26-59(37)43-16-14-34(24-53-43)47(63)56-35-18-40(19-35)66-39-15-13-33(23-52)41(51)22-39/h9-16,22,24,28-29,35-38,40,42,46,61H,6-8,17-21,25-27H2,1-5H3,(H,55,64)(H,56,63)(H,57,62)/t29-,35?,36-,37-,38+,40?,42-,46+/m0/s1. The van der Waals surface area contributed by atoms with Crippen molar-refractivity contribution in [3.8, 4) is 22.3 Å². The second-order valence-corrected chi connectivity index (χ2v) is 20.8. The molecule has 0 spiro atoms. The molecule has 1 aliphatic carbocycles. The van der Waals surface area contributed by atoms with Crippen LogP contribution in [0.1, 0.15) is 106 Å². The summed E-state index contributed by atoms with van der Waals surface area (Å²) in [4.78, 5) is 70.6. The lowest BCUT2D eigenvalue weighted by atomic mass is 9.85. The number of pyridine rings is 1. The molecule has 17 heteroatoms. The van der Waals surface area contributed by atoms with Gasteiger partial charge in [-0.25, -0.2) is 9.97 Å². The minimum atomic E-state index is -0.878. The van der Waals surface area contributed by atoms with Gasteiger partial charge in [-0.3, -0.25) is 24.1 Å². The highest BCUT2D eigenvalue weighted by Gasteiger charge is 2.46. The smallest absolute Gasteiger partial charge is 0.253 e. The Balaban J connectivity index is 0.751. The molecule has 354 valence electrons. The summed E-state index contributed by atoms with van der Waals surface area (Å²) in [5.74, 6) is 0.363. The van der Waals surface area contributed by atoms with E-state index in [2.05, 4.69) is 35.7 Å². The molecule has 0 radical (unpaired) electrons. The van der Waals surface area contributed by atoms with Gasteiger partial charge in [0.05, 0.1) is 44.4 Å². The number of likely N-dealkylation sites (tertiary alicyclic amines) is 2. The number of carbonyl (C=O) groups is 4. The van der Waals surface area contributed by atoms with E-state index in [1.807, 2.05) is 82.6 Å². The Morgan fingerprint density at radius 3 is 2.39 bits per heavy atom. The Hall–Kier alpha value is -5.60. The van der Waals surface area contributed by atoms with Gasteiger partial charge in [0.25, 0.3) is 5.91 Å². The molecule has 6 atom stereocenters. The molecule has 67 heavy (non-hydrogen) atoms. The number of anilines is 1. The summed E-state index contributed by atoms with van der Waals surface area (Å²) in [6.07, 6.45) is 5.01. The number of carbonyl (C=O) groups excluding carboxylic acids is 4.